The average molecular weight is 355 g/mol. The van der Waals surface area contributed by atoms with Crippen LogP contribution in [0.1, 0.15) is 13.8 Å². The molecule has 2 saturated heterocycles. The van der Waals surface area contributed by atoms with Gasteiger partial charge in [-0.05, 0) is 0 Å². The fourth-order valence-electron chi connectivity index (χ4n) is 2.43. The van der Waals surface area contributed by atoms with Crippen LogP contribution >= 0.6 is 0 Å². The van der Waals surface area contributed by atoms with Crippen LogP contribution in [-0.2, 0) is 10.9 Å². The van der Waals surface area contributed by atoms with Crippen LogP contribution < -0.4 is 0 Å². The quantitative estimate of drug-likeness (QED) is 0.582. The summed E-state index contributed by atoms with van der Waals surface area (Å²) in [5, 5.41) is 28.9. The summed E-state index contributed by atoms with van der Waals surface area (Å²) in [6, 6.07) is 0. The van der Waals surface area contributed by atoms with Gasteiger partial charge < -0.3 is 0 Å². The van der Waals surface area contributed by atoms with Crippen molar-refractivity contribution < 1.29 is 26.2 Å². The van der Waals surface area contributed by atoms with Gasteiger partial charge in [0.15, 0.2) is 0 Å². The van der Waals surface area contributed by atoms with E-state index < -0.39 is 49.9 Å². The van der Waals surface area contributed by atoms with Gasteiger partial charge in [-0.15, -0.1) is 0 Å². The third-order valence-corrected chi connectivity index (χ3v) is 13.8. The number of hydrogen-bond donors (Lipinski definition) is 3. The monoisotopic (exact) mass is 356 g/mol. The topological polar surface area (TPSA) is 88.4 Å². The molecule has 0 spiro atoms. The second kappa shape index (κ2) is 5.28. The molecule has 0 aromatic heterocycles. The van der Waals surface area contributed by atoms with Crippen LogP contribution in [0.5, 0.6) is 0 Å². The zero-order valence-electron chi connectivity index (χ0n) is 10.1. The van der Waals surface area contributed by atoms with Gasteiger partial charge in [-0.1, -0.05) is 0 Å². The summed E-state index contributed by atoms with van der Waals surface area (Å²) in [5.41, 5.74) is 0. The predicted molar refractivity (Wildman–Crippen MR) is 60.4 cm³/mol. The number of hydrogen-bond acceptors (Lipinski definition) is 6. The Kier molecular flexibility index (Phi) is 4.34. The second-order valence-corrected chi connectivity index (χ2v) is 15.1. The molecule has 0 aliphatic carbocycles. The summed E-state index contributed by atoms with van der Waals surface area (Å²) < 4.78 is 18.6. The van der Waals surface area contributed by atoms with E-state index >= 15 is 0 Å². The van der Waals surface area contributed by atoms with Gasteiger partial charge in [-0.25, -0.2) is 0 Å². The van der Waals surface area contributed by atoms with E-state index in [1.807, 2.05) is 13.8 Å². The molecule has 0 bridgehead atoms. The molecular weight excluding hydrogens is 335 g/mol. The summed E-state index contributed by atoms with van der Waals surface area (Å²) in [6.07, 6.45) is -4.04. The first-order valence-corrected chi connectivity index (χ1v) is 12.4. The van der Waals surface area contributed by atoms with Crippen molar-refractivity contribution in [3.63, 3.8) is 0 Å². The first-order chi connectivity index (χ1) is 8.06. The van der Waals surface area contributed by atoms with Gasteiger partial charge in [0, 0.05) is 0 Å². The van der Waals surface area contributed by atoms with Crippen LogP contribution in [0.2, 0.25) is 8.87 Å². The molecule has 0 amide bonds. The van der Waals surface area contributed by atoms with E-state index in [0.29, 0.717) is 0 Å². The van der Waals surface area contributed by atoms with E-state index in [2.05, 4.69) is 0 Å². The molecule has 2 aliphatic rings. The van der Waals surface area contributed by atoms with Gasteiger partial charge in [-0.2, -0.15) is 0 Å². The third-order valence-electron chi connectivity index (χ3n) is 3.60. The van der Waals surface area contributed by atoms with Crippen LogP contribution in [0.3, 0.4) is 0 Å². The van der Waals surface area contributed by atoms with E-state index in [1.54, 1.807) is 0 Å². The first kappa shape index (κ1) is 14.0. The Morgan fingerprint density at radius 3 is 2.18 bits per heavy atom. The van der Waals surface area contributed by atoms with Crippen molar-refractivity contribution in [3.8, 4) is 0 Å². The molecule has 17 heavy (non-hydrogen) atoms. The van der Waals surface area contributed by atoms with Crippen LogP contribution in [0.25, 0.3) is 0 Å². The molecule has 0 aromatic carbocycles. The van der Waals surface area contributed by atoms with Crippen molar-refractivity contribution in [1.29, 1.82) is 0 Å². The third kappa shape index (κ3) is 2.36. The molecule has 3 N–H and O–H groups in total. The maximum absolute atomic E-state index is 10.0. The zero-order valence-corrected chi connectivity index (χ0v) is 12.9. The molecule has 5 atom stereocenters. The van der Waals surface area contributed by atoms with Crippen LogP contribution in [0.4, 0.5) is 0 Å². The van der Waals surface area contributed by atoms with Crippen LogP contribution in [0.15, 0.2) is 0 Å². The fraction of sp³-hybridized carbons (Fsp3) is 1.00. The number of rotatable bonds is 3. The summed E-state index contributed by atoms with van der Waals surface area (Å²) in [4.78, 5) is 0. The van der Waals surface area contributed by atoms with Crippen molar-refractivity contribution >= 4 is 19.2 Å². The van der Waals surface area contributed by atoms with Gasteiger partial charge in [0.05, 0.1) is 0 Å². The van der Waals surface area contributed by atoms with E-state index in [1.165, 1.54) is 0 Å². The normalized spacial score (nSPS) is 44.6. The summed E-state index contributed by atoms with van der Waals surface area (Å²) >= 11 is -3.11. The number of fused-ring (bicyclic) bond motifs is 1. The van der Waals surface area contributed by atoms with Crippen molar-refractivity contribution in [2.75, 3.05) is 6.61 Å². The van der Waals surface area contributed by atoms with Gasteiger partial charge in [0.25, 0.3) is 0 Å². The molecule has 7 heteroatoms. The molecule has 2 aliphatic heterocycles. The van der Waals surface area contributed by atoms with Crippen molar-refractivity contribution in [3.05, 3.63) is 0 Å². The summed E-state index contributed by atoms with van der Waals surface area (Å²) in [5.74, 6) is 0. The Morgan fingerprint density at radius 2 is 1.65 bits per heavy atom. The molecule has 0 radical (unpaired) electrons. The Labute approximate surface area is 105 Å². The number of aliphatic hydroxyl groups is 3. The Morgan fingerprint density at radius 1 is 1.06 bits per heavy atom. The molecule has 0 aromatic rings. The van der Waals surface area contributed by atoms with Crippen molar-refractivity contribution in [2.45, 2.75) is 53.4 Å². The summed E-state index contributed by atoms with van der Waals surface area (Å²) in [6.45, 7) is 3.69. The van der Waals surface area contributed by atoms with Gasteiger partial charge in [-0.3, -0.25) is 0 Å². The van der Waals surface area contributed by atoms with Crippen LogP contribution in [0, 0.1) is 0 Å². The van der Waals surface area contributed by atoms with Gasteiger partial charge in [0.1, 0.15) is 0 Å². The van der Waals surface area contributed by atoms with E-state index in [4.69, 9.17) is 16.0 Å². The predicted octanol–water partition coefficient (Wildman–Crippen LogP) is -0.677. The van der Waals surface area contributed by atoms with Gasteiger partial charge >= 0.3 is 105 Å². The molecule has 2 rings (SSSR count). The van der Waals surface area contributed by atoms with E-state index in [-0.39, 0.29) is 6.61 Å². The Balaban J connectivity index is 2.17. The van der Waals surface area contributed by atoms with Crippen LogP contribution in [-0.4, -0.2) is 71.8 Å². The summed E-state index contributed by atoms with van der Waals surface area (Å²) in [7, 11) is 0. The Hall–Kier alpha value is 0.559. The van der Waals surface area contributed by atoms with Gasteiger partial charge in [0.2, 0.25) is 0 Å². The SMILES string of the molecule is C[CH2][Sn]1([CH2]C)[O][C@H]2[C@@H](O)[C@@H](CO)O[C@@H](O)[C@H]2[O]1. The molecule has 2 heterocycles. The zero-order chi connectivity index (χ0) is 12.6. The van der Waals surface area contributed by atoms with Crippen molar-refractivity contribution in [1.82, 2.24) is 0 Å². The number of ether oxygens (including phenoxy) is 1. The molecule has 0 unspecified atom stereocenters. The average Bonchev–Trinajstić information content (AvgIpc) is 2.75. The molecule has 0 saturated carbocycles. The minimum atomic E-state index is -3.11. The van der Waals surface area contributed by atoms with Crippen molar-refractivity contribution in [2.24, 2.45) is 0 Å². The fourth-order valence-corrected chi connectivity index (χ4v) is 10.2. The maximum atomic E-state index is 10.0. The Bertz CT molecular complexity index is 272. The molecule has 6 nitrogen and oxygen atoms in total. The number of aliphatic hydroxyl groups excluding tert-OH is 3. The first-order valence-electron chi connectivity index (χ1n) is 6.05. The van der Waals surface area contributed by atoms with E-state index in [0.717, 1.165) is 8.87 Å². The second-order valence-electron chi connectivity index (χ2n) is 4.52. The van der Waals surface area contributed by atoms with E-state index in [9.17, 15) is 10.2 Å². The molecule has 2 fully saturated rings. The molecule has 100 valence electrons. The molecular formula is C10H20O6Sn. The standard InChI is InChI=1S/C6H10O6.2C2H5.Sn/c7-1-2-3(8)4(9)5(10)6(11)12-2;2*1-2;/h2-8,11H,1H2;2*1H2,2H3;/q-2;;;+2/t2-,3+,4+,5+,6-;;;/m1.../s1. The minimum absolute atomic E-state index is 0.342.